The fraction of sp³-hybridized carbons (Fsp3) is 0.517. The van der Waals surface area contributed by atoms with Crippen LogP contribution in [0, 0.1) is 23.1 Å². The number of carbonyl (C=O) groups excluding carboxylic acids is 1. The predicted molar refractivity (Wildman–Crippen MR) is 135 cm³/mol. The van der Waals surface area contributed by atoms with Gasteiger partial charge in [0.05, 0.1) is 37.1 Å². The zero-order valence-corrected chi connectivity index (χ0v) is 21.8. The third-order valence-corrected chi connectivity index (χ3v) is 6.79. The molecule has 1 N–H and O–H groups in total. The zero-order valence-electron chi connectivity index (χ0n) is 21.8. The first-order valence-electron chi connectivity index (χ1n) is 12.7. The Bertz CT molecular complexity index is 1150. The first-order chi connectivity index (χ1) is 17.6. The summed E-state index contributed by atoms with van der Waals surface area (Å²) >= 11 is 0. The van der Waals surface area contributed by atoms with Crippen LogP contribution in [0.3, 0.4) is 0 Å². The van der Waals surface area contributed by atoms with Crippen LogP contribution in [-0.2, 0) is 37.0 Å². The van der Waals surface area contributed by atoms with E-state index in [2.05, 4.69) is 11.4 Å². The smallest absolute Gasteiger partial charge is 0.252 e. The molecule has 37 heavy (non-hydrogen) atoms. The number of hydrogen-bond donors (Lipinski definition) is 1. The molecule has 4 atom stereocenters. The number of nitrogens with zero attached hydrogens (tertiary/aromatic N) is 1. The summed E-state index contributed by atoms with van der Waals surface area (Å²) in [5.74, 6) is -1.24. The molecule has 2 aromatic carbocycles. The zero-order chi connectivity index (χ0) is 26.6. The van der Waals surface area contributed by atoms with Gasteiger partial charge in [0.1, 0.15) is 11.9 Å². The molecule has 8 heteroatoms. The van der Waals surface area contributed by atoms with Gasteiger partial charge in [-0.15, -0.1) is 0 Å². The number of nitriles is 1. The van der Waals surface area contributed by atoms with E-state index >= 15 is 0 Å². The summed E-state index contributed by atoms with van der Waals surface area (Å²) in [6, 6.07) is 15.8. The summed E-state index contributed by atoms with van der Waals surface area (Å²) < 4.78 is 39.4. The fourth-order valence-corrected chi connectivity index (χ4v) is 4.95. The first-order valence-corrected chi connectivity index (χ1v) is 12.7. The number of carbonyl (C=O) groups is 1. The maximum atomic E-state index is 14.3. The lowest BCUT2D eigenvalue weighted by Gasteiger charge is -2.43. The highest BCUT2D eigenvalue weighted by Crippen LogP contribution is 2.44. The Hall–Kier alpha value is -2.83. The highest BCUT2D eigenvalue weighted by atomic mass is 19.1. The Balaban J connectivity index is 1.63. The maximum Gasteiger partial charge on any atom is 0.252 e. The lowest BCUT2D eigenvalue weighted by Crippen LogP contribution is -2.60. The van der Waals surface area contributed by atoms with Gasteiger partial charge in [-0.1, -0.05) is 50.2 Å². The molecule has 7 nitrogen and oxygen atoms in total. The molecule has 0 spiro atoms. The monoisotopic (exact) mass is 510 g/mol. The van der Waals surface area contributed by atoms with Crippen LogP contribution in [0.5, 0.6) is 0 Å². The van der Waals surface area contributed by atoms with Crippen molar-refractivity contribution < 1.29 is 28.1 Å². The summed E-state index contributed by atoms with van der Waals surface area (Å²) in [6.45, 7) is 8.26. The SMILES string of the molecule is CC(C)CNC(=O)[C@@]1(OCc2ccccc2C#N)CC(OCc2ccccc2F)[C@@H]2OC(C)(C)O[C@@H]2C1. The van der Waals surface area contributed by atoms with Gasteiger partial charge in [-0.2, -0.15) is 5.26 Å². The minimum atomic E-state index is -1.29. The second kappa shape index (κ2) is 11.3. The Morgan fingerprint density at radius 3 is 2.51 bits per heavy atom. The molecule has 198 valence electrons. The number of nitrogens with one attached hydrogen (secondary N) is 1. The number of halogens is 1. The van der Waals surface area contributed by atoms with Crippen molar-refractivity contribution in [2.24, 2.45) is 5.92 Å². The van der Waals surface area contributed by atoms with Crippen LogP contribution in [0.15, 0.2) is 48.5 Å². The third kappa shape index (κ3) is 6.36. The van der Waals surface area contributed by atoms with Gasteiger partial charge >= 0.3 is 0 Å². The summed E-state index contributed by atoms with van der Waals surface area (Å²) in [4.78, 5) is 13.7. The molecule has 0 radical (unpaired) electrons. The van der Waals surface area contributed by atoms with Gasteiger partial charge in [-0.3, -0.25) is 4.79 Å². The summed E-state index contributed by atoms with van der Waals surface area (Å²) in [7, 11) is 0. The van der Waals surface area contributed by atoms with Gasteiger partial charge in [0.15, 0.2) is 11.4 Å². The van der Waals surface area contributed by atoms with Crippen LogP contribution < -0.4 is 5.32 Å². The molecule has 0 bridgehead atoms. The molecule has 1 saturated carbocycles. The minimum absolute atomic E-state index is 0.0192. The summed E-state index contributed by atoms with van der Waals surface area (Å²) in [5.41, 5.74) is 0.308. The van der Waals surface area contributed by atoms with E-state index in [1.807, 2.05) is 39.8 Å². The van der Waals surface area contributed by atoms with Crippen LogP contribution in [0.4, 0.5) is 4.39 Å². The van der Waals surface area contributed by atoms with Crippen LogP contribution >= 0.6 is 0 Å². The number of amides is 1. The highest BCUT2D eigenvalue weighted by molar-refractivity contribution is 5.85. The van der Waals surface area contributed by atoms with E-state index in [0.717, 1.165) is 0 Å². The van der Waals surface area contributed by atoms with Gasteiger partial charge in [0, 0.05) is 24.9 Å². The Morgan fingerprint density at radius 2 is 1.81 bits per heavy atom. The molecule has 4 rings (SSSR count). The van der Waals surface area contributed by atoms with Crippen molar-refractivity contribution in [3.8, 4) is 6.07 Å². The quantitative estimate of drug-likeness (QED) is 0.529. The minimum Gasteiger partial charge on any atom is -0.370 e. The average molecular weight is 511 g/mol. The second-order valence-electron chi connectivity index (χ2n) is 10.6. The van der Waals surface area contributed by atoms with Crippen molar-refractivity contribution in [2.75, 3.05) is 6.54 Å². The fourth-order valence-electron chi connectivity index (χ4n) is 4.95. The van der Waals surface area contributed by atoms with Crippen molar-refractivity contribution in [3.63, 3.8) is 0 Å². The average Bonchev–Trinajstić information content (AvgIpc) is 3.19. The Morgan fingerprint density at radius 1 is 1.11 bits per heavy atom. The highest BCUT2D eigenvalue weighted by Gasteiger charge is 2.58. The molecule has 1 saturated heterocycles. The summed E-state index contributed by atoms with van der Waals surface area (Å²) in [6.07, 6.45) is -1.04. The van der Waals surface area contributed by atoms with Gasteiger partial charge in [0.2, 0.25) is 0 Å². The lowest BCUT2D eigenvalue weighted by atomic mass is 9.78. The van der Waals surface area contributed by atoms with E-state index in [-0.39, 0.29) is 43.7 Å². The number of ether oxygens (including phenoxy) is 4. The molecule has 1 aliphatic carbocycles. The van der Waals surface area contributed by atoms with E-state index in [9.17, 15) is 14.4 Å². The van der Waals surface area contributed by atoms with E-state index < -0.39 is 29.7 Å². The molecule has 1 aliphatic heterocycles. The van der Waals surface area contributed by atoms with Gasteiger partial charge in [-0.05, 0) is 37.5 Å². The maximum absolute atomic E-state index is 14.3. The van der Waals surface area contributed by atoms with Crippen LogP contribution in [-0.4, -0.2) is 42.2 Å². The molecule has 1 amide bonds. The molecule has 2 fully saturated rings. The largest absolute Gasteiger partial charge is 0.370 e. The van der Waals surface area contributed by atoms with Gasteiger partial charge in [0.25, 0.3) is 5.91 Å². The van der Waals surface area contributed by atoms with Crippen molar-refractivity contribution in [2.45, 2.75) is 83.5 Å². The number of fused-ring (bicyclic) bond motifs is 1. The molecule has 1 heterocycles. The van der Waals surface area contributed by atoms with Gasteiger partial charge in [-0.25, -0.2) is 4.39 Å². The van der Waals surface area contributed by atoms with Crippen molar-refractivity contribution in [1.82, 2.24) is 5.32 Å². The molecule has 2 aromatic rings. The van der Waals surface area contributed by atoms with Crippen LogP contribution in [0.1, 0.15) is 57.2 Å². The lowest BCUT2D eigenvalue weighted by molar-refractivity contribution is -0.183. The van der Waals surface area contributed by atoms with Crippen LogP contribution in [0.25, 0.3) is 0 Å². The molecule has 2 aliphatic rings. The normalized spacial score (nSPS) is 26.5. The Labute approximate surface area is 217 Å². The van der Waals surface area contributed by atoms with Crippen molar-refractivity contribution >= 4 is 5.91 Å². The third-order valence-electron chi connectivity index (χ3n) is 6.79. The van der Waals surface area contributed by atoms with Crippen molar-refractivity contribution in [3.05, 3.63) is 71.0 Å². The van der Waals surface area contributed by atoms with Gasteiger partial charge < -0.3 is 24.3 Å². The molecular weight excluding hydrogens is 475 g/mol. The van der Waals surface area contributed by atoms with Crippen LogP contribution in [0.2, 0.25) is 0 Å². The molecular formula is C29H35FN2O5. The molecule has 1 unspecified atom stereocenters. The number of rotatable bonds is 9. The van der Waals surface area contributed by atoms with E-state index in [1.165, 1.54) is 6.07 Å². The number of benzene rings is 2. The van der Waals surface area contributed by atoms with E-state index in [1.54, 1.807) is 30.3 Å². The Kier molecular flexibility index (Phi) is 8.29. The standard InChI is InChI=1S/C29H35FN2O5/c1-19(2)16-32-27(33)29(35-18-21-10-6-5-9-20(21)15-31)13-24(26-25(14-29)36-28(3,4)37-26)34-17-22-11-7-8-12-23(22)30/h5-12,19,24-26H,13-14,16-18H2,1-4H3,(H,32,33)/t24?,25-,26+,29-/m1/s1. The van der Waals surface area contributed by atoms with Crippen molar-refractivity contribution in [1.29, 1.82) is 5.26 Å². The van der Waals surface area contributed by atoms with E-state index in [4.69, 9.17) is 18.9 Å². The predicted octanol–water partition coefficient (Wildman–Crippen LogP) is 4.62. The first kappa shape index (κ1) is 27.2. The second-order valence-corrected chi connectivity index (χ2v) is 10.6. The summed E-state index contributed by atoms with van der Waals surface area (Å²) in [5, 5.41) is 12.5. The topological polar surface area (TPSA) is 89.8 Å². The molecule has 0 aromatic heterocycles. The van der Waals surface area contributed by atoms with E-state index in [0.29, 0.717) is 23.2 Å². The number of hydrogen-bond acceptors (Lipinski definition) is 6.